The zero-order valence-corrected chi connectivity index (χ0v) is 9.96. The summed E-state index contributed by atoms with van der Waals surface area (Å²) in [6, 6.07) is 0. The average molecular weight is 241 g/mol. The second-order valence-corrected chi connectivity index (χ2v) is 5.34. The fourth-order valence-electron chi connectivity index (χ4n) is 1.93. The van der Waals surface area contributed by atoms with E-state index in [2.05, 4.69) is 4.98 Å². The molecule has 0 bridgehead atoms. The Balaban J connectivity index is 1.97. The molecule has 1 aromatic heterocycles. The van der Waals surface area contributed by atoms with Gasteiger partial charge < -0.3 is 10.8 Å². The molecular weight excluding hydrogens is 226 g/mol. The minimum atomic E-state index is -1.08. The summed E-state index contributed by atoms with van der Waals surface area (Å²) in [7, 11) is 0. The van der Waals surface area contributed by atoms with Crippen molar-refractivity contribution in [2.24, 2.45) is 5.73 Å². The molecule has 1 atom stereocenters. The first kappa shape index (κ1) is 11.5. The number of aryl methyl sites for hydroxylation is 1. The highest BCUT2D eigenvalue weighted by Crippen LogP contribution is 2.21. The summed E-state index contributed by atoms with van der Waals surface area (Å²) in [5.41, 5.74) is 5.71. The van der Waals surface area contributed by atoms with E-state index in [1.165, 1.54) is 0 Å². The van der Waals surface area contributed by atoms with Crippen LogP contribution in [0.1, 0.15) is 17.1 Å². The lowest BCUT2D eigenvalue weighted by atomic mass is 10.0. The van der Waals surface area contributed by atoms with Crippen LogP contribution in [0.2, 0.25) is 0 Å². The molecule has 0 aromatic carbocycles. The monoisotopic (exact) mass is 241 g/mol. The molecule has 0 spiro atoms. The number of aromatic nitrogens is 1. The van der Waals surface area contributed by atoms with Gasteiger partial charge in [-0.05, 0) is 13.3 Å². The van der Waals surface area contributed by atoms with E-state index in [-0.39, 0.29) is 0 Å². The van der Waals surface area contributed by atoms with Crippen LogP contribution in [0.25, 0.3) is 0 Å². The standard InChI is InChI=1S/C10H15N3O2S/c1-7-12-8(5-16-7)4-13-3-2-10(11,6-13)9(14)15/h5H,2-4,6,11H2,1H3,(H,14,15). The summed E-state index contributed by atoms with van der Waals surface area (Å²) >= 11 is 1.61. The van der Waals surface area contributed by atoms with Gasteiger partial charge in [0.15, 0.2) is 0 Å². The fraction of sp³-hybridized carbons (Fsp3) is 0.600. The van der Waals surface area contributed by atoms with E-state index in [0.717, 1.165) is 17.2 Å². The highest BCUT2D eigenvalue weighted by atomic mass is 32.1. The van der Waals surface area contributed by atoms with Crippen LogP contribution in [0.5, 0.6) is 0 Å². The van der Waals surface area contributed by atoms with Gasteiger partial charge in [-0.15, -0.1) is 11.3 Å². The third-order valence-corrected chi connectivity index (χ3v) is 3.68. The number of carbonyl (C=O) groups is 1. The minimum Gasteiger partial charge on any atom is -0.480 e. The second-order valence-electron chi connectivity index (χ2n) is 4.28. The summed E-state index contributed by atoms with van der Waals surface area (Å²) in [5.74, 6) is -0.913. The zero-order valence-electron chi connectivity index (χ0n) is 9.14. The molecule has 0 amide bonds. The Morgan fingerprint density at radius 1 is 1.81 bits per heavy atom. The van der Waals surface area contributed by atoms with Crippen LogP contribution in [0.4, 0.5) is 0 Å². The van der Waals surface area contributed by atoms with E-state index >= 15 is 0 Å². The third kappa shape index (κ3) is 2.23. The van der Waals surface area contributed by atoms with Gasteiger partial charge in [-0.1, -0.05) is 0 Å². The van der Waals surface area contributed by atoms with Crippen molar-refractivity contribution in [2.75, 3.05) is 13.1 Å². The van der Waals surface area contributed by atoms with Crippen LogP contribution in [0.15, 0.2) is 5.38 Å². The number of carboxylic acids is 1. The van der Waals surface area contributed by atoms with Gasteiger partial charge in [-0.3, -0.25) is 9.69 Å². The number of thiazole rings is 1. The molecule has 6 heteroatoms. The number of nitrogens with two attached hydrogens (primary N) is 1. The Labute approximate surface area is 97.9 Å². The molecule has 16 heavy (non-hydrogen) atoms. The van der Waals surface area contributed by atoms with Crippen LogP contribution in [0, 0.1) is 6.92 Å². The number of carboxylic acid groups (broad SMARTS) is 1. The maximum atomic E-state index is 11.0. The maximum Gasteiger partial charge on any atom is 0.325 e. The van der Waals surface area contributed by atoms with Crippen LogP contribution >= 0.6 is 11.3 Å². The van der Waals surface area contributed by atoms with Crippen molar-refractivity contribution < 1.29 is 9.90 Å². The summed E-state index contributed by atoms with van der Waals surface area (Å²) in [6.45, 7) is 3.78. The van der Waals surface area contributed by atoms with Crippen LogP contribution in [0.3, 0.4) is 0 Å². The van der Waals surface area contributed by atoms with E-state index in [1.54, 1.807) is 11.3 Å². The quantitative estimate of drug-likeness (QED) is 0.802. The summed E-state index contributed by atoms with van der Waals surface area (Å²) in [4.78, 5) is 17.4. The van der Waals surface area contributed by atoms with Crippen molar-refractivity contribution >= 4 is 17.3 Å². The predicted molar refractivity (Wildman–Crippen MR) is 61.3 cm³/mol. The van der Waals surface area contributed by atoms with Gasteiger partial charge >= 0.3 is 5.97 Å². The van der Waals surface area contributed by atoms with Gasteiger partial charge in [0.05, 0.1) is 10.7 Å². The Bertz CT molecular complexity index is 407. The minimum absolute atomic E-state index is 0.402. The van der Waals surface area contributed by atoms with Gasteiger partial charge in [-0.25, -0.2) is 4.98 Å². The molecule has 1 aromatic rings. The van der Waals surface area contributed by atoms with E-state index in [4.69, 9.17) is 10.8 Å². The molecule has 1 aliphatic rings. The topological polar surface area (TPSA) is 79.5 Å². The normalized spacial score (nSPS) is 26.1. The molecular formula is C10H15N3O2S. The van der Waals surface area contributed by atoms with Gasteiger partial charge in [0.1, 0.15) is 5.54 Å². The molecule has 88 valence electrons. The van der Waals surface area contributed by atoms with E-state index in [1.807, 2.05) is 17.2 Å². The first-order valence-corrected chi connectivity index (χ1v) is 6.03. The van der Waals surface area contributed by atoms with E-state index in [9.17, 15) is 4.79 Å². The predicted octanol–water partition coefficient (Wildman–Crippen LogP) is 0.439. The van der Waals surface area contributed by atoms with E-state index < -0.39 is 11.5 Å². The van der Waals surface area contributed by atoms with Crippen molar-refractivity contribution in [3.8, 4) is 0 Å². The summed E-state index contributed by atoms with van der Waals surface area (Å²) in [5, 5.41) is 12.0. The Morgan fingerprint density at radius 2 is 2.56 bits per heavy atom. The lowest BCUT2D eigenvalue weighted by Gasteiger charge is -2.19. The number of rotatable bonds is 3. The van der Waals surface area contributed by atoms with E-state index in [0.29, 0.717) is 19.5 Å². The lowest BCUT2D eigenvalue weighted by molar-refractivity contribution is -0.142. The molecule has 0 aliphatic carbocycles. The summed E-state index contributed by atoms with van der Waals surface area (Å²) in [6.07, 6.45) is 0.505. The smallest absolute Gasteiger partial charge is 0.325 e. The van der Waals surface area contributed by atoms with Crippen LogP contribution in [-0.2, 0) is 11.3 Å². The Kier molecular flexibility index (Phi) is 2.96. The number of aliphatic carboxylic acids is 1. The molecule has 1 unspecified atom stereocenters. The summed E-state index contributed by atoms with van der Waals surface area (Å²) < 4.78 is 0. The van der Waals surface area contributed by atoms with Crippen LogP contribution in [-0.4, -0.2) is 39.6 Å². The SMILES string of the molecule is Cc1nc(CN2CCC(N)(C(=O)O)C2)cs1. The number of nitrogens with zero attached hydrogens (tertiary/aromatic N) is 2. The molecule has 0 radical (unpaired) electrons. The molecule has 0 saturated carbocycles. The van der Waals surface area contributed by atoms with Crippen molar-refractivity contribution in [3.63, 3.8) is 0 Å². The van der Waals surface area contributed by atoms with Gasteiger partial charge in [0, 0.05) is 25.0 Å². The average Bonchev–Trinajstić information content (AvgIpc) is 2.75. The highest BCUT2D eigenvalue weighted by Gasteiger charge is 2.41. The molecule has 3 N–H and O–H groups in total. The van der Waals surface area contributed by atoms with Crippen molar-refractivity contribution in [2.45, 2.75) is 25.4 Å². The van der Waals surface area contributed by atoms with Crippen molar-refractivity contribution in [3.05, 3.63) is 16.1 Å². The highest BCUT2D eigenvalue weighted by molar-refractivity contribution is 7.09. The molecule has 1 fully saturated rings. The largest absolute Gasteiger partial charge is 0.480 e. The van der Waals surface area contributed by atoms with Gasteiger partial charge in [-0.2, -0.15) is 0 Å². The zero-order chi connectivity index (χ0) is 11.8. The Hall–Kier alpha value is -0.980. The lowest BCUT2D eigenvalue weighted by Crippen LogP contribution is -2.50. The molecule has 5 nitrogen and oxygen atoms in total. The maximum absolute atomic E-state index is 11.0. The van der Waals surface area contributed by atoms with Crippen molar-refractivity contribution in [1.82, 2.24) is 9.88 Å². The van der Waals surface area contributed by atoms with Gasteiger partial charge in [0.25, 0.3) is 0 Å². The number of hydrogen-bond acceptors (Lipinski definition) is 5. The second kappa shape index (κ2) is 4.12. The third-order valence-electron chi connectivity index (χ3n) is 2.86. The Morgan fingerprint density at radius 3 is 3.06 bits per heavy atom. The first-order chi connectivity index (χ1) is 7.49. The van der Waals surface area contributed by atoms with Crippen LogP contribution < -0.4 is 5.73 Å². The fourth-order valence-corrected chi connectivity index (χ4v) is 2.54. The molecule has 2 heterocycles. The molecule has 2 rings (SSSR count). The van der Waals surface area contributed by atoms with Crippen molar-refractivity contribution in [1.29, 1.82) is 0 Å². The molecule has 1 saturated heterocycles. The first-order valence-electron chi connectivity index (χ1n) is 5.15. The van der Waals surface area contributed by atoms with Gasteiger partial charge in [0.2, 0.25) is 0 Å². The number of hydrogen-bond donors (Lipinski definition) is 2. The number of likely N-dealkylation sites (tertiary alicyclic amines) is 1. The molecule has 1 aliphatic heterocycles.